The number of hydrogen-bond acceptors (Lipinski definition) is 4. The highest BCUT2D eigenvalue weighted by molar-refractivity contribution is 7.12. The van der Waals surface area contributed by atoms with Gasteiger partial charge in [0.2, 0.25) is 5.91 Å². The van der Waals surface area contributed by atoms with Gasteiger partial charge in [-0.2, -0.15) is 0 Å². The predicted octanol–water partition coefficient (Wildman–Crippen LogP) is 4.50. The van der Waals surface area contributed by atoms with Crippen LogP contribution in [-0.2, 0) is 11.3 Å². The van der Waals surface area contributed by atoms with Crippen LogP contribution in [0.5, 0.6) is 0 Å². The molecule has 6 heteroatoms. The van der Waals surface area contributed by atoms with Gasteiger partial charge in [-0.25, -0.2) is 4.98 Å². The highest BCUT2D eigenvalue weighted by Crippen LogP contribution is 2.28. The zero-order chi connectivity index (χ0) is 17.6. The first-order valence-electron chi connectivity index (χ1n) is 7.70. The lowest BCUT2D eigenvalue weighted by molar-refractivity contribution is -0.116. The Balaban J connectivity index is 1.62. The number of halogens is 1. The van der Waals surface area contributed by atoms with Crippen LogP contribution < -0.4 is 5.32 Å². The van der Waals surface area contributed by atoms with E-state index < -0.39 is 0 Å². The van der Waals surface area contributed by atoms with Gasteiger partial charge < -0.3 is 5.32 Å². The summed E-state index contributed by atoms with van der Waals surface area (Å²) < 4.78 is 0. The van der Waals surface area contributed by atoms with Crippen molar-refractivity contribution in [3.8, 4) is 11.3 Å². The predicted molar refractivity (Wildman–Crippen MR) is 102 cm³/mol. The minimum atomic E-state index is -0.155. The molecule has 0 atom stereocenters. The van der Waals surface area contributed by atoms with E-state index in [1.54, 1.807) is 29.8 Å². The molecule has 1 aromatic carbocycles. The molecule has 0 aliphatic rings. The summed E-state index contributed by atoms with van der Waals surface area (Å²) in [5.41, 5.74) is 2.88. The molecule has 126 valence electrons. The summed E-state index contributed by atoms with van der Waals surface area (Å²) in [6.45, 7) is 2.43. The van der Waals surface area contributed by atoms with E-state index in [0.29, 0.717) is 11.6 Å². The van der Waals surface area contributed by atoms with E-state index >= 15 is 0 Å². The number of thiazole rings is 1. The first-order chi connectivity index (χ1) is 12.1. The van der Waals surface area contributed by atoms with E-state index in [9.17, 15) is 4.79 Å². The number of nitrogens with zero attached hydrogens (tertiary/aromatic N) is 2. The van der Waals surface area contributed by atoms with Crippen LogP contribution in [-0.4, -0.2) is 15.9 Å². The number of aryl methyl sites for hydroxylation is 1. The van der Waals surface area contributed by atoms with Crippen LogP contribution in [0.2, 0.25) is 5.02 Å². The number of benzene rings is 1. The van der Waals surface area contributed by atoms with Crippen molar-refractivity contribution in [1.82, 2.24) is 15.3 Å². The van der Waals surface area contributed by atoms with E-state index in [4.69, 9.17) is 11.6 Å². The second kappa shape index (κ2) is 8.05. The van der Waals surface area contributed by atoms with Crippen LogP contribution in [0.1, 0.15) is 15.4 Å². The van der Waals surface area contributed by atoms with Gasteiger partial charge in [0.25, 0.3) is 0 Å². The van der Waals surface area contributed by atoms with Gasteiger partial charge in [-0.1, -0.05) is 23.7 Å². The highest BCUT2D eigenvalue weighted by atomic mass is 35.5. The maximum Gasteiger partial charge on any atom is 0.244 e. The van der Waals surface area contributed by atoms with Crippen LogP contribution in [0, 0.1) is 6.92 Å². The molecule has 1 amide bonds. The molecule has 0 saturated carbocycles. The van der Waals surface area contributed by atoms with E-state index in [1.165, 1.54) is 6.08 Å². The Labute approximate surface area is 155 Å². The topological polar surface area (TPSA) is 54.9 Å². The zero-order valence-electron chi connectivity index (χ0n) is 13.6. The van der Waals surface area contributed by atoms with Crippen LogP contribution in [0.4, 0.5) is 0 Å². The fourth-order valence-electron chi connectivity index (χ4n) is 2.27. The molecule has 0 fully saturated rings. The monoisotopic (exact) mass is 369 g/mol. The van der Waals surface area contributed by atoms with E-state index in [0.717, 1.165) is 26.7 Å². The van der Waals surface area contributed by atoms with E-state index in [2.05, 4.69) is 15.3 Å². The molecule has 0 unspecified atom stereocenters. The smallest absolute Gasteiger partial charge is 0.244 e. The fraction of sp³-hybridized carbons (Fsp3) is 0.105. The van der Waals surface area contributed by atoms with Crippen LogP contribution in [0.15, 0.2) is 54.9 Å². The van der Waals surface area contributed by atoms with Gasteiger partial charge >= 0.3 is 0 Å². The van der Waals surface area contributed by atoms with Crippen molar-refractivity contribution in [2.45, 2.75) is 13.5 Å². The van der Waals surface area contributed by atoms with Crippen molar-refractivity contribution in [3.05, 3.63) is 75.3 Å². The number of nitrogens with one attached hydrogen (secondary N) is 1. The van der Waals surface area contributed by atoms with Gasteiger partial charge in [0.15, 0.2) is 0 Å². The molecule has 0 aliphatic heterocycles. The molecule has 2 heterocycles. The van der Waals surface area contributed by atoms with Crippen molar-refractivity contribution in [3.63, 3.8) is 0 Å². The van der Waals surface area contributed by atoms with Crippen molar-refractivity contribution >= 4 is 34.9 Å². The highest BCUT2D eigenvalue weighted by Gasteiger charge is 2.10. The van der Waals surface area contributed by atoms with E-state index in [-0.39, 0.29) is 5.91 Å². The van der Waals surface area contributed by atoms with Crippen molar-refractivity contribution in [2.75, 3.05) is 0 Å². The number of rotatable bonds is 5. The van der Waals surface area contributed by atoms with E-state index in [1.807, 2.05) is 43.3 Å². The van der Waals surface area contributed by atoms with Crippen LogP contribution >= 0.6 is 22.9 Å². The molecule has 25 heavy (non-hydrogen) atoms. The molecular formula is C19H16ClN3OS. The molecule has 0 aliphatic carbocycles. The van der Waals surface area contributed by atoms with Gasteiger partial charge in [0, 0.05) is 33.9 Å². The average Bonchev–Trinajstić information content (AvgIpc) is 3.00. The van der Waals surface area contributed by atoms with Gasteiger partial charge in [-0.3, -0.25) is 9.78 Å². The summed E-state index contributed by atoms with van der Waals surface area (Å²) in [5, 5.41) is 4.42. The molecule has 0 bridgehead atoms. The summed E-state index contributed by atoms with van der Waals surface area (Å²) in [5.74, 6) is -0.155. The first kappa shape index (κ1) is 17.3. The Morgan fingerprint density at radius 2 is 1.92 bits per heavy atom. The van der Waals surface area contributed by atoms with Crippen molar-refractivity contribution < 1.29 is 4.79 Å². The van der Waals surface area contributed by atoms with Crippen molar-refractivity contribution in [1.29, 1.82) is 0 Å². The number of amides is 1. The Morgan fingerprint density at radius 1 is 1.20 bits per heavy atom. The molecule has 3 aromatic rings. The lowest BCUT2D eigenvalue weighted by Crippen LogP contribution is -2.20. The minimum absolute atomic E-state index is 0.155. The third-order valence-corrected chi connectivity index (χ3v) is 4.73. The molecule has 3 rings (SSSR count). The van der Waals surface area contributed by atoms with Crippen molar-refractivity contribution in [2.24, 2.45) is 0 Å². The van der Waals surface area contributed by atoms with Gasteiger partial charge in [-0.15, -0.1) is 11.3 Å². The van der Waals surface area contributed by atoms with Gasteiger partial charge in [0.1, 0.15) is 5.01 Å². The summed E-state index contributed by atoms with van der Waals surface area (Å²) >= 11 is 7.51. The third kappa shape index (κ3) is 4.75. The Hall–Kier alpha value is -2.50. The van der Waals surface area contributed by atoms with Crippen LogP contribution in [0.3, 0.4) is 0 Å². The quantitative estimate of drug-likeness (QED) is 0.674. The number of aromatic nitrogens is 2. The summed E-state index contributed by atoms with van der Waals surface area (Å²) in [6, 6.07) is 11.3. The minimum Gasteiger partial charge on any atom is -0.346 e. The van der Waals surface area contributed by atoms with Gasteiger partial charge in [-0.05, 0) is 42.8 Å². The molecule has 0 spiro atoms. The standard InChI is InChI=1S/C19H16ClN3OS/c1-13-19(15-3-5-16(20)6-4-15)23-18(25-13)12-22-17(24)7-2-14-8-10-21-11-9-14/h2-11H,12H2,1H3,(H,22,24). The Kier molecular flexibility index (Phi) is 5.58. The summed E-state index contributed by atoms with van der Waals surface area (Å²) in [4.78, 5) is 21.6. The van der Waals surface area contributed by atoms with Crippen LogP contribution in [0.25, 0.3) is 17.3 Å². The Bertz CT molecular complexity index is 889. The molecule has 4 nitrogen and oxygen atoms in total. The maximum absolute atomic E-state index is 11.9. The molecule has 0 radical (unpaired) electrons. The zero-order valence-corrected chi connectivity index (χ0v) is 15.1. The normalized spacial score (nSPS) is 11.0. The lowest BCUT2D eigenvalue weighted by atomic mass is 10.1. The second-order valence-corrected chi connectivity index (χ2v) is 7.08. The van der Waals surface area contributed by atoms with Gasteiger partial charge in [0.05, 0.1) is 12.2 Å². The first-order valence-corrected chi connectivity index (χ1v) is 8.89. The SMILES string of the molecule is Cc1sc(CNC(=O)C=Cc2ccncc2)nc1-c1ccc(Cl)cc1. The summed E-state index contributed by atoms with van der Waals surface area (Å²) in [6.07, 6.45) is 6.64. The number of pyridine rings is 1. The molecule has 1 N–H and O–H groups in total. The molecule has 0 saturated heterocycles. The third-order valence-electron chi connectivity index (χ3n) is 3.51. The fourth-order valence-corrected chi connectivity index (χ4v) is 3.29. The molecular weight excluding hydrogens is 354 g/mol. The Morgan fingerprint density at radius 3 is 2.64 bits per heavy atom. The lowest BCUT2D eigenvalue weighted by Gasteiger charge is -1.99. The second-order valence-electron chi connectivity index (χ2n) is 5.35. The number of carbonyl (C=O) groups excluding carboxylic acids is 1. The largest absolute Gasteiger partial charge is 0.346 e. The number of hydrogen-bond donors (Lipinski definition) is 1. The summed E-state index contributed by atoms with van der Waals surface area (Å²) in [7, 11) is 0. The maximum atomic E-state index is 11.9. The number of carbonyl (C=O) groups is 1. The average molecular weight is 370 g/mol. The molecule has 2 aromatic heterocycles.